The van der Waals surface area contributed by atoms with Crippen LogP contribution in [0.3, 0.4) is 0 Å². The van der Waals surface area contributed by atoms with Crippen LogP contribution in [0, 0.1) is 20.8 Å². The molecule has 0 saturated heterocycles. The molecule has 0 aliphatic rings. The number of benzene rings is 1. The number of ether oxygens (including phenoxy) is 1. The largest absolute Gasteiger partial charge is 0.457 e. The first-order chi connectivity index (χ1) is 10.1. The number of hydrogen-bond acceptors (Lipinski definition) is 3. The second-order valence-electron chi connectivity index (χ2n) is 5.46. The molecule has 1 aromatic carbocycles. The van der Waals surface area contributed by atoms with Crippen molar-refractivity contribution in [1.29, 1.82) is 0 Å². The molecule has 1 heterocycles. The first kappa shape index (κ1) is 15.5. The molecule has 1 N–H and O–H groups in total. The van der Waals surface area contributed by atoms with Gasteiger partial charge in [0.15, 0.2) is 0 Å². The number of nitrogens with zero attached hydrogens (tertiary/aromatic N) is 1. The molecule has 0 atom stereocenters. The van der Waals surface area contributed by atoms with Crippen LogP contribution in [0.25, 0.3) is 0 Å². The number of rotatable bonds is 6. The van der Waals surface area contributed by atoms with Gasteiger partial charge in [-0.3, -0.25) is 4.98 Å². The molecule has 0 amide bonds. The van der Waals surface area contributed by atoms with Gasteiger partial charge in [0.2, 0.25) is 0 Å². The summed E-state index contributed by atoms with van der Waals surface area (Å²) in [5.41, 5.74) is 4.57. The van der Waals surface area contributed by atoms with E-state index in [1.807, 2.05) is 25.3 Å². The van der Waals surface area contributed by atoms with Crippen LogP contribution in [0.1, 0.15) is 35.7 Å². The maximum absolute atomic E-state index is 6.08. The average Bonchev–Trinajstić information content (AvgIpc) is 2.45. The minimum atomic E-state index is 0.779. The fourth-order valence-electron chi connectivity index (χ4n) is 2.10. The van der Waals surface area contributed by atoms with Gasteiger partial charge in [0.1, 0.15) is 11.5 Å². The third-order valence-electron chi connectivity index (χ3n) is 3.53. The summed E-state index contributed by atoms with van der Waals surface area (Å²) in [4.78, 5) is 4.37. The van der Waals surface area contributed by atoms with E-state index in [1.165, 1.54) is 11.1 Å². The van der Waals surface area contributed by atoms with Crippen LogP contribution in [0.5, 0.6) is 11.5 Å². The van der Waals surface area contributed by atoms with Crippen LogP contribution in [0.2, 0.25) is 0 Å². The van der Waals surface area contributed by atoms with Crippen molar-refractivity contribution in [2.45, 2.75) is 40.7 Å². The zero-order chi connectivity index (χ0) is 15.2. The Morgan fingerprint density at radius 2 is 1.90 bits per heavy atom. The first-order valence-corrected chi connectivity index (χ1v) is 7.51. The molecule has 1 aromatic heterocycles. The molecule has 0 radical (unpaired) electrons. The highest BCUT2D eigenvalue weighted by molar-refractivity contribution is 5.40. The van der Waals surface area contributed by atoms with Crippen LogP contribution in [0.4, 0.5) is 0 Å². The third kappa shape index (κ3) is 4.30. The van der Waals surface area contributed by atoms with Crippen molar-refractivity contribution in [2.75, 3.05) is 6.54 Å². The minimum absolute atomic E-state index is 0.779. The van der Waals surface area contributed by atoms with Gasteiger partial charge in [0.25, 0.3) is 0 Å². The Labute approximate surface area is 127 Å². The lowest BCUT2D eigenvalue weighted by Crippen LogP contribution is -2.14. The van der Waals surface area contributed by atoms with E-state index in [-0.39, 0.29) is 0 Å². The predicted octanol–water partition coefficient (Wildman–Crippen LogP) is 4.30. The summed E-state index contributed by atoms with van der Waals surface area (Å²) in [6, 6.07) is 8.18. The molecular weight excluding hydrogens is 260 g/mol. The van der Waals surface area contributed by atoms with Crippen LogP contribution < -0.4 is 10.1 Å². The van der Waals surface area contributed by atoms with E-state index in [0.29, 0.717) is 0 Å². The van der Waals surface area contributed by atoms with Gasteiger partial charge >= 0.3 is 0 Å². The van der Waals surface area contributed by atoms with Gasteiger partial charge in [-0.2, -0.15) is 0 Å². The van der Waals surface area contributed by atoms with Gasteiger partial charge in [-0.05, 0) is 57.0 Å². The summed E-state index contributed by atoms with van der Waals surface area (Å²) in [5, 5.41) is 3.40. The van der Waals surface area contributed by atoms with Crippen molar-refractivity contribution >= 4 is 0 Å². The molecule has 2 aromatic rings. The van der Waals surface area contributed by atoms with E-state index >= 15 is 0 Å². The molecule has 0 bridgehead atoms. The van der Waals surface area contributed by atoms with Crippen molar-refractivity contribution in [1.82, 2.24) is 10.3 Å². The molecule has 0 unspecified atom stereocenters. The highest BCUT2D eigenvalue weighted by Crippen LogP contribution is 2.27. The number of aryl methyl sites for hydroxylation is 3. The van der Waals surface area contributed by atoms with Crippen molar-refractivity contribution in [2.24, 2.45) is 0 Å². The van der Waals surface area contributed by atoms with E-state index in [4.69, 9.17) is 4.74 Å². The maximum atomic E-state index is 6.08. The van der Waals surface area contributed by atoms with Gasteiger partial charge in [-0.15, -0.1) is 0 Å². The SMILES string of the molecule is CCCNCc1cnc(C)cc1Oc1ccc(C)c(C)c1. The lowest BCUT2D eigenvalue weighted by molar-refractivity contribution is 0.470. The number of aromatic nitrogens is 1. The number of hydrogen-bond donors (Lipinski definition) is 1. The van der Waals surface area contributed by atoms with Crippen molar-refractivity contribution in [3.8, 4) is 11.5 Å². The van der Waals surface area contributed by atoms with Gasteiger partial charge in [-0.1, -0.05) is 13.0 Å². The van der Waals surface area contributed by atoms with Crippen LogP contribution in [-0.4, -0.2) is 11.5 Å². The van der Waals surface area contributed by atoms with E-state index in [0.717, 1.165) is 42.3 Å². The lowest BCUT2D eigenvalue weighted by Gasteiger charge is -2.13. The number of nitrogens with one attached hydrogen (secondary N) is 1. The highest BCUT2D eigenvalue weighted by Gasteiger charge is 2.07. The molecule has 0 saturated carbocycles. The summed E-state index contributed by atoms with van der Waals surface area (Å²) in [5.74, 6) is 1.76. The average molecular weight is 284 g/mol. The Kier molecular flexibility index (Phi) is 5.34. The lowest BCUT2D eigenvalue weighted by atomic mass is 10.1. The van der Waals surface area contributed by atoms with Gasteiger partial charge in [-0.25, -0.2) is 0 Å². The standard InChI is InChI=1S/C18H24N2O/c1-5-8-19-11-16-12-20-15(4)10-18(16)21-17-7-6-13(2)14(3)9-17/h6-7,9-10,12,19H,5,8,11H2,1-4H3. The highest BCUT2D eigenvalue weighted by atomic mass is 16.5. The summed E-state index contributed by atoms with van der Waals surface area (Å²) in [7, 11) is 0. The summed E-state index contributed by atoms with van der Waals surface area (Å²) < 4.78 is 6.08. The van der Waals surface area contributed by atoms with E-state index in [2.05, 4.69) is 43.2 Å². The molecule has 2 rings (SSSR count). The second kappa shape index (κ2) is 7.23. The Hall–Kier alpha value is -1.87. The van der Waals surface area contributed by atoms with Gasteiger partial charge in [0.05, 0.1) is 0 Å². The molecule has 112 valence electrons. The fourth-order valence-corrected chi connectivity index (χ4v) is 2.10. The molecule has 3 nitrogen and oxygen atoms in total. The summed E-state index contributed by atoms with van der Waals surface area (Å²) in [6.45, 7) is 10.1. The zero-order valence-electron chi connectivity index (χ0n) is 13.4. The maximum Gasteiger partial charge on any atom is 0.135 e. The van der Waals surface area contributed by atoms with Crippen LogP contribution >= 0.6 is 0 Å². The molecule has 0 fully saturated rings. The predicted molar refractivity (Wildman–Crippen MR) is 87.0 cm³/mol. The molecule has 0 spiro atoms. The fraction of sp³-hybridized carbons (Fsp3) is 0.389. The van der Waals surface area contributed by atoms with Gasteiger partial charge < -0.3 is 10.1 Å². The summed E-state index contributed by atoms with van der Waals surface area (Å²) >= 11 is 0. The quantitative estimate of drug-likeness (QED) is 0.803. The molecular formula is C18H24N2O. The number of pyridine rings is 1. The Morgan fingerprint density at radius 1 is 1.10 bits per heavy atom. The zero-order valence-corrected chi connectivity index (χ0v) is 13.4. The second-order valence-corrected chi connectivity index (χ2v) is 5.46. The topological polar surface area (TPSA) is 34.2 Å². The normalized spacial score (nSPS) is 10.7. The van der Waals surface area contributed by atoms with Crippen LogP contribution in [0.15, 0.2) is 30.5 Å². The van der Waals surface area contributed by atoms with E-state index in [9.17, 15) is 0 Å². The van der Waals surface area contributed by atoms with Crippen LogP contribution in [-0.2, 0) is 6.54 Å². The van der Waals surface area contributed by atoms with Crippen molar-refractivity contribution in [3.63, 3.8) is 0 Å². The first-order valence-electron chi connectivity index (χ1n) is 7.51. The Balaban J connectivity index is 2.20. The molecule has 0 aliphatic carbocycles. The molecule has 21 heavy (non-hydrogen) atoms. The molecule has 0 aliphatic heterocycles. The minimum Gasteiger partial charge on any atom is -0.457 e. The third-order valence-corrected chi connectivity index (χ3v) is 3.53. The molecule has 3 heteroatoms. The van der Waals surface area contributed by atoms with Crippen molar-refractivity contribution < 1.29 is 4.74 Å². The monoisotopic (exact) mass is 284 g/mol. The Morgan fingerprint density at radius 3 is 2.62 bits per heavy atom. The van der Waals surface area contributed by atoms with Gasteiger partial charge in [0, 0.05) is 30.1 Å². The smallest absolute Gasteiger partial charge is 0.135 e. The summed E-state index contributed by atoms with van der Waals surface area (Å²) in [6.07, 6.45) is 3.01. The Bertz CT molecular complexity index is 608. The van der Waals surface area contributed by atoms with E-state index < -0.39 is 0 Å². The van der Waals surface area contributed by atoms with E-state index in [1.54, 1.807) is 0 Å². The van der Waals surface area contributed by atoms with Crippen molar-refractivity contribution in [3.05, 3.63) is 52.8 Å².